The first-order valence-electron chi connectivity index (χ1n) is 6.85. The summed E-state index contributed by atoms with van der Waals surface area (Å²) in [5, 5.41) is 0. The molecule has 1 aliphatic rings. The smallest absolute Gasteiger partial charge is 0.264 e. The Kier molecular flexibility index (Phi) is 5.27. The van der Waals surface area contributed by atoms with E-state index in [1.165, 1.54) is 0 Å². The summed E-state index contributed by atoms with van der Waals surface area (Å²) < 4.78 is 58.5. The Balaban J connectivity index is 1.95. The topological polar surface area (TPSA) is 125 Å². The maximum atomic E-state index is 11.6. The molecule has 0 bridgehead atoms. The summed E-state index contributed by atoms with van der Waals surface area (Å²) in [5.74, 6) is 0.174. The van der Waals surface area contributed by atoms with Crippen molar-refractivity contribution < 1.29 is 25.8 Å². The zero-order valence-electron chi connectivity index (χ0n) is 12.6. The van der Waals surface area contributed by atoms with Gasteiger partial charge in [-0.1, -0.05) is 12.1 Å². The molecule has 0 aromatic heterocycles. The molecule has 2 rings (SSSR count). The molecule has 0 fully saturated rings. The predicted octanol–water partition coefficient (Wildman–Crippen LogP) is 0.371. The molecule has 1 heterocycles. The minimum absolute atomic E-state index is 0.0812. The van der Waals surface area contributed by atoms with E-state index in [0.29, 0.717) is 36.3 Å². The number of hydrogen-bond donors (Lipinski definition) is 1. The number of hydrogen-bond acceptors (Lipinski definition) is 7. The van der Waals surface area contributed by atoms with Crippen LogP contribution in [0, 0.1) is 0 Å². The van der Waals surface area contributed by atoms with Crippen molar-refractivity contribution in [2.45, 2.75) is 18.6 Å². The quantitative estimate of drug-likeness (QED) is 0.548. The lowest BCUT2D eigenvalue weighted by Crippen LogP contribution is -2.24. The first-order valence-corrected chi connectivity index (χ1v) is 10.3. The third-order valence-electron chi connectivity index (χ3n) is 3.04. The van der Waals surface area contributed by atoms with E-state index in [-0.39, 0.29) is 18.2 Å². The van der Waals surface area contributed by atoms with Crippen molar-refractivity contribution in [3.05, 3.63) is 29.3 Å². The normalized spacial score (nSPS) is 16.5. The van der Waals surface area contributed by atoms with E-state index in [4.69, 9.17) is 10.5 Å². The van der Waals surface area contributed by atoms with Gasteiger partial charge < -0.3 is 10.5 Å². The van der Waals surface area contributed by atoms with Crippen molar-refractivity contribution in [3.63, 3.8) is 0 Å². The Morgan fingerprint density at radius 2 is 1.96 bits per heavy atom. The second-order valence-electron chi connectivity index (χ2n) is 5.07. The number of rotatable bonds is 7. The summed E-state index contributed by atoms with van der Waals surface area (Å²) in [6.07, 6.45) is 2.09. The van der Waals surface area contributed by atoms with Crippen molar-refractivity contribution in [2.24, 2.45) is 10.1 Å². The molecular formula is C13H18N2O6S2. The molecule has 0 radical (unpaired) electrons. The molecule has 1 aliphatic heterocycles. The summed E-state index contributed by atoms with van der Waals surface area (Å²) in [4.78, 5) is 0. The summed E-state index contributed by atoms with van der Waals surface area (Å²) in [7, 11) is -7.00. The van der Waals surface area contributed by atoms with Crippen LogP contribution in [0.3, 0.4) is 0 Å². The van der Waals surface area contributed by atoms with Crippen LogP contribution in [0.1, 0.15) is 24.0 Å². The first-order chi connectivity index (χ1) is 10.7. The number of amidine groups is 1. The number of ether oxygens (including phenoxy) is 1. The summed E-state index contributed by atoms with van der Waals surface area (Å²) in [6.45, 7) is 0.417. The van der Waals surface area contributed by atoms with E-state index >= 15 is 0 Å². The fourth-order valence-corrected chi connectivity index (χ4v) is 3.64. The molecule has 0 atom stereocenters. The Hall–Kier alpha value is -1.65. The molecule has 2 N–H and O–H groups in total. The third-order valence-corrected chi connectivity index (χ3v) is 4.78. The molecule has 0 aliphatic carbocycles. The molecule has 1 aromatic carbocycles. The highest BCUT2D eigenvalue weighted by molar-refractivity contribution is 7.89. The maximum Gasteiger partial charge on any atom is 0.264 e. The van der Waals surface area contributed by atoms with Crippen LogP contribution in [0.4, 0.5) is 0 Å². The van der Waals surface area contributed by atoms with Gasteiger partial charge in [-0.05, 0) is 24.5 Å². The van der Waals surface area contributed by atoms with Crippen molar-refractivity contribution >= 4 is 26.0 Å². The Morgan fingerprint density at radius 1 is 1.26 bits per heavy atom. The van der Waals surface area contributed by atoms with Crippen LogP contribution in [0.15, 0.2) is 22.6 Å². The molecule has 0 saturated carbocycles. The van der Waals surface area contributed by atoms with Crippen LogP contribution in [0.2, 0.25) is 0 Å². The number of sulfonamides is 1. The van der Waals surface area contributed by atoms with Crippen molar-refractivity contribution in [1.29, 1.82) is 0 Å². The number of fused-ring (bicyclic) bond motifs is 1. The molecule has 0 unspecified atom stereocenters. The lowest BCUT2D eigenvalue weighted by atomic mass is 10.1. The van der Waals surface area contributed by atoms with Gasteiger partial charge in [-0.15, -0.1) is 4.40 Å². The van der Waals surface area contributed by atoms with Crippen LogP contribution in [-0.2, 0) is 30.1 Å². The van der Waals surface area contributed by atoms with Crippen LogP contribution >= 0.6 is 0 Å². The lowest BCUT2D eigenvalue weighted by molar-refractivity contribution is 0.269. The molecule has 0 spiro atoms. The molecule has 0 amide bonds. The minimum atomic E-state index is -3.57. The largest absolute Gasteiger partial charge is 0.493 e. The number of unbranched alkanes of at least 4 members (excludes halogenated alkanes) is 1. The van der Waals surface area contributed by atoms with Gasteiger partial charge in [0, 0.05) is 0 Å². The van der Waals surface area contributed by atoms with E-state index in [2.05, 4.69) is 8.58 Å². The second kappa shape index (κ2) is 6.85. The zero-order valence-corrected chi connectivity index (χ0v) is 14.2. The lowest BCUT2D eigenvalue weighted by Gasteiger charge is -2.18. The van der Waals surface area contributed by atoms with Crippen LogP contribution in [-0.4, -0.2) is 42.1 Å². The minimum Gasteiger partial charge on any atom is -0.493 e. The molecule has 8 nitrogen and oxygen atoms in total. The average molecular weight is 362 g/mol. The molecule has 128 valence electrons. The average Bonchev–Trinajstić information content (AvgIpc) is 2.39. The van der Waals surface area contributed by atoms with E-state index in [1.807, 2.05) is 0 Å². The zero-order chi connectivity index (χ0) is 17.1. The van der Waals surface area contributed by atoms with Gasteiger partial charge in [-0.2, -0.15) is 8.42 Å². The Morgan fingerprint density at radius 3 is 2.65 bits per heavy atom. The van der Waals surface area contributed by atoms with Gasteiger partial charge in [-0.25, -0.2) is 8.42 Å². The van der Waals surface area contributed by atoms with E-state index < -0.39 is 20.1 Å². The highest BCUT2D eigenvalue weighted by Gasteiger charge is 2.24. The monoisotopic (exact) mass is 362 g/mol. The van der Waals surface area contributed by atoms with Gasteiger partial charge in [0.05, 0.1) is 30.8 Å². The molecular weight excluding hydrogens is 344 g/mol. The Labute approximate surface area is 135 Å². The number of benzene rings is 1. The third kappa shape index (κ3) is 5.19. The van der Waals surface area contributed by atoms with E-state index in [1.54, 1.807) is 18.2 Å². The fraction of sp³-hybridized carbons (Fsp3) is 0.462. The first kappa shape index (κ1) is 17.7. The van der Waals surface area contributed by atoms with Crippen LogP contribution < -0.4 is 10.5 Å². The summed E-state index contributed by atoms with van der Waals surface area (Å²) in [5.41, 5.74) is 6.77. The molecule has 1 aromatic rings. The molecule has 23 heavy (non-hydrogen) atoms. The highest BCUT2D eigenvalue weighted by Crippen LogP contribution is 2.28. The SMILES string of the molecule is CS(=O)(=O)OCCCCOc1cccc2c1C(N)=NS(=O)(=O)C2. The number of nitrogens with zero attached hydrogens (tertiary/aromatic N) is 1. The van der Waals surface area contributed by atoms with E-state index in [9.17, 15) is 16.8 Å². The van der Waals surface area contributed by atoms with Gasteiger partial charge in [0.25, 0.3) is 20.1 Å². The highest BCUT2D eigenvalue weighted by atomic mass is 32.2. The van der Waals surface area contributed by atoms with Crippen molar-refractivity contribution in [2.75, 3.05) is 19.5 Å². The second-order valence-corrected chi connectivity index (χ2v) is 8.35. The molecule has 0 saturated heterocycles. The summed E-state index contributed by atoms with van der Waals surface area (Å²) in [6, 6.07) is 5.04. The van der Waals surface area contributed by atoms with Crippen LogP contribution in [0.5, 0.6) is 5.75 Å². The predicted molar refractivity (Wildman–Crippen MR) is 85.3 cm³/mol. The van der Waals surface area contributed by atoms with Gasteiger partial charge in [-0.3, -0.25) is 4.18 Å². The van der Waals surface area contributed by atoms with Crippen LogP contribution in [0.25, 0.3) is 0 Å². The van der Waals surface area contributed by atoms with Gasteiger partial charge in [0.1, 0.15) is 11.6 Å². The maximum absolute atomic E-state index is 11.6. The molecule has 10 heteroatoms. The Bertz CT molecular complexity index is 815. The summed E-state index contributed by atoms with van der Waals surface area (Å²) >= 11 is 0. The van der Waals surface area contributed by atoms with Gasteiger partial charge >= 0.3 is 0 Å². The van der Waals surface area contributed by atoms with Crippen molar-refractivity contribution in [1.82, 2.24) is 0 Å². The van der Waals surface area contributed by atoms with Gasteiger partial charge in [0.15, 0.2) is 0 Å². The standard InChI is InChI=1S/C13H18N2O6S2/c1-22(16,17)21-8-3-2-7-20-11-6-4-5-10-9-23(18,19)15-13(14)12(10)11/h4-6H,2-3,7-9H2,1H3,(H2,14,15). The van der Waals surface area contributed by atoms with E-state index in [0.717, 1.165) is 6.26 Å². The van der Waals surface area contributed by atoms with Crippen molar-refractivity contribution in [3.8, 4) is 5.75 Å². The number of nitrogens with two attached hydrogens (primary N) is 1. The fourth-order valence-electron chi connectivity index (χ4n) is 2.13. The van der Waals surface area contributed by atoms with Gasteiger partial charge in [0.2, 0.25) is 0 Å².